The lowest BCUT2D eigenvalue weighted by Gasteiger charge is -2.39. The molecule has 0 aliphatic heterocycles. The first-order valence-corrected chi connectivity index (χ1v) is 7.09. The van der Waals surface area contributed by atoms with Gasteiger partial charge in [0.25, 0.3) is 0 Å². The Bertz CT molecular complexity index is 451. The van der Waals surface area contributed by atoms with E-state index in [2.05, 4.69) is 18.9 Å². The van der Waals surface area contributed by atoms with E-state index < -0.39 is 5.97 Å². The summed E-state index contributed by atoms with van der Waals surface area (Å²) in [6, 6.07) is 2.02. The number of rotatable bonds is 4. The summed E-state index contributed by atoms with van der Waals surface area (Å²) in [7, 11) is 1.94. The maximum absolute atomic E-state index is 11.4. The largest absolute Gasteiger partial charge is 0.481 e. The Morgan fingerprint density at radius 3 is 2.89 bits per heavy atom. The first-order chi connectivity index (χ1) is 8.89. The molecule has 1 aromatic rings. The monoisotopic (exact) mass is 264 g/mol. The summed E-state index contributed by atoms with van der Waals surface area (Å²) < 4.78 is 1.88. The summed E-state index contributed by atoms with van der Waals surface area (Å²) in [5.74, 6) is -0.497. The van der Waals surface area contributed by atoms with E-state index in [1.165, 1.54) is 5.69 Å². The molecule has 1 N–H and O–H groups in total. The van der Waals surface area contributed by atoms with Gasteiger partial charge in [-0.25, -0.2) is 0 Å². The highest BCUT2D eigenvalue weighted by Crippen LogP contribution is 2.43. The highest BCUT2D eigenvalue weighted by atomic mass is 16.4. The van der Waals surface area contributed by atoms with E-state index >= 15 is 0 Å². The number of hydrogen-bond acceptors (Lipinski definition) is 2. The summed E-state index contributed by atoms with van der Waals surface area (Å²) in [6.07, 6.45) is 6.52. The van der Waals surface area contributed by atoms with Crippen LogP contribution in [0.15, 0.2) is 12.3 Å². The quantitative estimate of drug-likeness (QED) is 0.909. The van der Waals surface area contributed by atoms with Crippen molar-refractivity contribution in [2.75, 3.05) is 0 Å². The van der Waals surface area contributed by atoms with Crippen LogP contribution in [0.4, 0.5) is 0 Å². The Balaban J connectivity index is 2.02. The van der Waals surface area contributed by atoms with E-state index in [1.54, 1.807) is 6.20 Å². The molecule has 106 valence electrons. The fourth-order valence-corrected chi connectivity index (χ4v) is 3.34. The van der Waals surface area contributed by atoms with Crippen LogP contribution in [0.2, 0.25) is 0 Å². The molecule has 1 aliphatic rings. The van der Waals surface area contributed by atoms with Crippen molar-refractivity contribution in [3.63, 3.8) is 0 Å². The molecule has 0 bridgehead atoms. The van der Waals surface area contributed by atoms with Gasteiger partial charge in [-0.05, 0) is 49.5 Å². The zero-order valence-electron chi connectivity index (χ0n) is 12.1. The molecule has 2 unspecified atom stereocenters. The minimum atomic E-state index is -0.620. The molecule has 1 aromatic heterocycles. The second-order valence-corrected chi connectivity index (χ2v) is 6.60. The van der Waals surface area contributed by atoms with Crippen molar-refractivity contribution >= 4 is 5.97 Å². The van der Waals surface area contributed by atoms with E-state index in [9.17, 15) is 9.90 Å². The lowest BCUT2D eigenvalue weighted by atomic mass is 9.66. The first-order valence-electron chi connectivity index (χ1n) is 7.09. The molecule has 2 atom stereocenters. The minimum absolute atomic E-state index is 0.166. The fourth-order valence-electron chi connectivity index (χ4n) is 3.34. The normalized spacial score (nSPS) is 26.3. The molecule has 1 saturated carbocycles. The van der Waals surface area contributed by atoms with Gasteiger partial charge in [0.15, 0.2) is 0 Å². The maximum Gasteiger partial charge on any atom is 0.306 e. The molecule has 0 amide bonds. The molecular formula is C15H24N2O2. The lowest BCUT2D eigenvalue weighted by Crippen LogP contribution is -2.34. The van der Waals surface area contributed by atoms with Crippen LogP contribution in [0.5, 0.6) is 0 Å². The van der Waals surface area contributed by atoms with Gasteiger partial charge in [-0.1, -0.05) is 13.8 Å². The van der Waals surface area contributed by atoms with Crippen LogP contribution in [-0.2, 0) is 18.3 Å². The number of carboxylic acid groups (broad SMARTS) is 1. The van der Waals surface area contributed by atoms with Crippen LogP contribution >= 0.6 is 0 Å². The number of nitrogens with zero attached hydrogens (tertiary/aromatic N) is 2. The van der Waals surface area contributed by atoms with E-state index in [1.807, 2.05) is 17.8 Å². The van der Waals surface area contributed by atoms with Crippen molar-refractivity contribution in [2.24, 2.45) is 24.3 Å². The number of aryl methyl sites for hydroxylation is 2. The van der Waals surface area contributed by atoms with Crippen molar-refractivity contribution in [1.82, 2.24) is 9.78 Å². The molecular weight excluding hydrogens is 240 g/mol. The number of aliphatic carboxylic acids is 1. The molecule has 4 heteroatoms. The SMILES string of the molecule is Cn1nccc1CCC1CC(C)(C)CCC1C(=O)O. The Morgan fingerprint density at radius 2 is 2.32 bits per heavy atom. The van der Waals surface area contributed by atoms with Crippen molar-refractivity contribution < 1.29 is 9.90 Å². The Morgan fingerprint density at radius 1 is 1.58 bits per heavy atom. The zero-order chi connectivity index (χ0) is 14.0. The third-order valence-corrected chi connectivity index (χ3v) is 4.53. The van der Waals surface area contributed by atoms with Gasteiger partial charge in [0.1, 0.15) is 0 Å². The summed E-state index contributed by atoms with van der Waals surface area (Å²) in [5, 5.41) is 13.5. The van der Waals surface area contributed by atoms with Gasteiger partial charge in [-0.3, -0.25) is 9.48 Å². The highest BCUT2D eigenvalue weighted by Gasteiger charge is 2.38. The smallest absolute Gasteiger partial charge is 0.306 e. The molecule has 0 aromatic carbocycles. The van der Waals surface area contributed by atoms with Gasteiger partial charge in [0.2, 0.25) is 0 Å². The Kier molecular flexibility index (Phi) is 3.97. The summed E-state index contributed by atoms with van der Waals surface area (Å²) in [4.78, 5) is 11.4. The molecule has 1 heterocycles. The van der Waals surface area contributed by atoms with Gasteiger partial charge < -0.3 is 5.11 Å². The van der Waals surface area contributed by atoms with E-state index in [-0.39, 0.29) is 17.3 Å². The van der Waals surface area contributed by atoms with Gasteiger partial charge >= 0.3 is 5.97 Å². The van der Waals surface area contributed by atoms with Crippen molar-refractivity contribution in [3.05, 3.63) is 18.0 Å². The number of carbonyl (C=O) groups is 1. The summed E-state index contributed by atoms with van der Waals surface area (Å²) in [6.45, 7) is 4.50. The predicted octanol–water partition coefficient (Wildman–Crippen LogP) is 2.88. The number of carboxylic acids is 1. The number of aromatic nitrogens is 2. The second-order valence-electron chi connectivity index (χ2n) is 6.60. The van der Waals surface area contributed by atoms with Gasteiger partial charge in [-0.15, -0.1) is 0 Å². The molecule has 2 rings (SSSR count). The zero-order valence-corrected chi connectivity index (χ0v) is 12.1. The molecule has 1 fully saturated rings. The van der Waals surface area contributed by atoms with Crippen molar-refractivity contribution in [1.29, 1.82) is 0 Å². The Labute approximate surface area is 114 Å². The van der Waals surface area contributed by atoms with Crippen LogP contribution < -0.4 is 0 Å². The van der Waals surface area contributed by atoms with Crippen LogP contribution in [-0.4, -0.2) is 20.9 Å². The molecule has 0 spiro atoms. The first kappa shape index (κ1) is 14.1. The topological polar surface area (TPSA) is 55.1 Å². The molecule has 19 heavy (non-hydrogen) atoms. The summed E-state index contributed by atoms with van der Waals surface area (Å²) in [5.41, 5.74) is 1.47. The standard InChI is InChI=1S/C15H24N2O2/c1-15(2)8-6-13(14(18)19)11(10-15)4-5-12-7-9-16-17(12)3/h7,9,11,13H,4-6,8,10H2,1-3H3,(H,18,19). The highest BCUT2D eigenvalue weighted by molar-refractivity contribution is 5.70. The third kappa shape index (κ3) is 3.37. The van der Waals surface area contributed by atoms with Crippen LogP contribution in [0.3, 0.4) is 0 Å². The van der Waals surface area contributed by atoms with E-state index in [4.69, 9.17) is 0 Å². The van der Waals surface area contributed by atoms with Crippen LogP contribution in [0.25, 0.3) is 0 Å². The van der Waals surface area contributed by atoms with E-state index in [0.717, 1.165) is 32.1 Å². The lowest BCUT2D eigenvalue weighted by molar-refractivity contribution is -0.146. The van der Waals surface area contributed by atoms with Gasteiger partial charge in [0, 0.05) is 18.9 Å². The number of hydrogen-bond donors (Lipinski definition) is 1. The average Bonchev–Trinajstić information content (AvgIpc) is 2.70. The maximum atomic E-state index is 11.4. The third-order valence-electron chi connectivity index (χ3n) is 4.53. The van der Waals surface area contributed by atoms with E-state index in [0.29, 0.717) is 0 Å². The van der Waals surface area contributed by atoms with Gasteiger partial charge in [-0.2, -0.15) is 5.10 Å². The minimum Gasteiger partial charge on any atom is -0.481 e. The molecule has 0 saturated heterocycles. The predicted molar refractivity (Wildman–Crippen MR) is 73.8 cm³/mol. The fraction of sp³-hybridized carbons (Fsp3) is 0.733. The average molecular weight is 264 g/mol. The summed E-state index contributed by atoms with van der Waals surface area (Å²) >= 11 is 0. The Hall–Kier alpha value is -1.32. The van der Waals surface area contributed by atoms with Crippen molar-refractivity contribution in [2.45, 2.75) is 46.0 Å². The van der Waals surface area contributed by atoms with Crippen molar-refractivity contribution in [3.8, 4) is 0 Å². The van der Waals surface area contributed by atoms with Crippen LogP contribution in [0.1, 0.15) is 45.2 Å². The molecule has 0 radical (unpaired) electrons. The second kappa shape index (κ2) is 5.35. The van der Waals surface area contributed by atoms with Crippen LogP contribution in [0, 0.1) is 17.3 Å². The molecule has 1 aliphatic carbocycles. The van der Waals surface area contributed by atoms with Gasteiger partial charge in [0.05, 0.1) is 5.92 Å². The molecule has 4 nitrogen and oxygen atoms in total.